The lowest BCUT2D eigenvalue weighted by atomic mass is 9.99. The highest BCUT2D eigenvalue weighted by atomic mass is 16.5. The van der Waals surface area contributed by atoms with Crippen LogP contribution in [0.1, 0.15) is 48.9 Å². The molecule has 192 valence electrons. The number of esters is 1. The standard InChI is InChI=1S/C27H32N2O7/c1-3-34-27(32)16-21(19-5-7-22-20(15-19)10-12-35-22)28-17-18-4-6-23(24(14-18)33-2)36-13-11-29-25(30)8-9-26(29)31/h4-7,14-15,21,28H,3,8-13,16-17H2,1-2H3. The van der Waals surface area contributed by atoms with Crippen LogP contribution >= 0.6 is 0 Å². The van der Waals surface area contributed by atoms with Gasteiger partial charge in [0, 0.05) is 31.8 Å². The van der Waals surface area contributed by atoms with Crippen molar-refractivity contribution in [2.24, 2.45) is 0 Å². The molecule has 1 saturated heterocycles. The Morgan fingerprint density at radius 3 is 2.64 bits per heavy atom. The molecule has 0 radical (unpaired) electrons. The topological polar surface area (TPSA) is 103 Å². The van der Waals surface area contributed by atoms with Gasteiger partial charge in [-0.05, 0) is 41.8 Å². The summed E-state index contributed by atoms with van der Waals surface area (Å²) in [5.41, 5.74) is 3.09. The van der Waals surface area contributed by atoms with E-state index in [1.807, 2.05) is 24.3 Å². The van der Waals surface area contributed by atoms with Crippen molar-refractivity contribution >= 4 is 17.8 Å². The molecular weight excluding hydrogens is 464 g/mol. The Kier molecular flexibility index (Phi) is 8.43. The molecule has 2 amide bonds. The van der Waals surface area contributed by atoms with Crippen molar-refractivity contribution in [1.29, 1.82) is 0 Å². The third-order valence-corrected chi connectivity index (χ3v) is 6.30. The fourth-order valence-corrected chi connectivity index (χ4v) is 4.42. The van der Waals surface area contributed by atoms with Crippen LogP contribution < -0.4 is 19.5 Å². The Morgan fingerprint density at radius 1 is 1.08 bits per heavy atom. The van der Waals surface area contributed by atoms with Gasteiger partial charge in [-0.1, -0.05) is 18.2 Å². The Balaban J connectivity index is 1.40. The van der Waals surface area contributed by atoms with Gasteiger partial charge in [0.05, 0.1) is 33.3 Å². The van der Waals surface area contributed by atoms with Gasteiger partial charge in [0.15, 0.2) is 11.5 Å². The van der Waals surface area contributed by atoms with Gasteiger partial charge in [-0.25, -0.2) is 0 Å². The van der Waals surface area contributed by atoms with E-state index in [9.17, 15) is 14.4 Å². The van der Waals surface area contributed by atoms with E-state index in [2.05, 4.69) is 11.4 Å². The van der Waals surface area contributed by atoms with E-state index in [1.54, 1.807) is 20.1 Å². The number of carbonyl (C=O) groups is 3. The molecular formula is C27H32N2O7. The molecule has 36 heavy (non-hydrogen) atoms. The molecule has 0 spiro atoms. The van der Waals surface area contributed by atoms with E-state index < -0.39 is 0 Å². The lowest BCUT2D eigenvalue weighted by Crippen LogP contribution is -2.33. The molecule has 2 aromatic rings. The second kappa shape index (κ2) is 11.9. The van der Waals surface area contributed by atoms with Gasteiger partial charge in [0.25, 0.3) is 0 Å². The first-order valence-electron chi connectivity index (χ1n) is 12.3. The fourth-order valence-electron chi connectivity index (χ4n) is 4.42. The number of nitrogens with one attached hydrogen (secondary N) is 1. The van der Waals surface area contributed by atoms with Gasteiger partial charge in [-0.2, -0.15) is 0 Å². The number of imide groups is 1. The second-order valence-corrected chi connectivity index (χ2v) is 8.68. The predicted molar refractivity (Wildman–Crippen MR) is 131 cm³/mol. The predicted octanol–water partition coefficient (Wildman–Crippen LogP) is 2.94. The number of hydrogen-bond acceptors (Lipinski definition) is 8. The van der Waals surface area contributed by atoms with E-state index in [4.69, 9.17) is 18.9 Å². The van der Waals surface area contributed by atoms with Crippen LogP contribution in [-0.4, -0.2) is 56.2 Å². The van der Waals surface area contributed by atoms with Gasteiger partial charge >= 0.3 is 5.97 Å². The number of methoxy groups -OCH3 is 1. The summed E-state index contributed by atoms with van der Waals surface area (Å²) in [7, 11) is 1.56. The highest BCUT2D eigenvalue weighted by Gasteiger charge is 2.28. The molecule has 9 heteroatoms. The smallest absolute Gasteiger partial charge is 0.307 e. The molecule has 9 nitrogen and oxygen atoms in total. The van der Waals surface area contributed by atoms with Crippen LogP contribution in [0.5, 0.6) is 17.2 Å². The molecule has 2 aliphatic heterocycles. The molecule has 2 aromatic carbocycles. The number of nitrogens with zero attached hydrogens (tertiary/aromatic N) is 1. The SMILES string of the molecule is CCOC(=O)CC(NCc1ccc(OCCN2C(=O)CCC2=O)c(OC)c1)c1ccc2c(c1)CCO2. The summed E-state index contributed by atoms with van der Waals surface area (Å²) in [5.74, 6) is 1.39. The molecule has 1 unspecified atom stereocenters. The van der Waals surface area contributed by atoms with E-state index in [-0.39, 0.29) is 56.2 Å². The molecule has 0 aromatic heterocycles. The molecule has 1 atom stereocenters. The van der Waals surface area contributed by atoms with Gasteiger partial charge in [0.1, 0.15) is 12.4 Å². The first kappa shape index (κ1) is 25.5. The third-order valence-electron chi connectivity index (χ3n) is 6.30. The maximum Gasteiger partial charge on any atom is 0.307 e. The molecule has 0 aliphatic carbocycles. The summed E-state index contributed by atoms with van der Waals surface area (Å²) in [4.78, 5) is 37.1. The Labute approximate surface area is 210 Å². The normalized spacial score (nSPS) is 15.4. The van der Waals surface area contributed by atoms with Crippen LogP contribution in [0.2, 0.25) is 0 Å². The first-order chi connectivity index (χ1) is 17.5. The highest BCUT2D eigenvalue weighted by molar-refractivity contribution is 6.01. The summed E-state index contributed by atoms with van der Waals surface area (Å²) in [6, 6.07) is 11.4. The molecule has 1 N–H and O–H groups in total. The summed E-state index contributed by atoms with van der Waals surface area (Å²) in [5, 5.41) is 3.47. The quantitative estimate of drug-likeness (QED) is 0.353. The third kappa shape index (κ3) is 6.15. The second-order valence-electron chi connectivity index (χ2n) is 8.68. The van der Waals surface area contributed by atoms with Crippen molar-refractivity contribution in [2.75, 3.05) is 33.5 Å². The van der Waals surface area contributed by atoms with Crippen molar-refractivity contribution < 1.29 is 33.3 Å². The van der Waals surface area contributed by atoms with Crippen LogP contribution in [0.25, 0.3) is 0 Å². The minimum Gasteiger partial charge on any atom is -0.493 e. The number of rotatable bonds is 12. The van der Waals surface area contributed by atoms with Crippen molar-refractivity contribution in [3.05, 3.63) is 53.1 Å². The lowest BCUT2D eigenvalue weighted by Gasteiger charge is -2.20. The van der Waals surface area contributed by atoms with E-state index in [1.165, 1.54) is 4.90 Å². The fraction of sp³-hybridized carbons (Fsp3) is 0.444. The van der Waals surface area contributed by atoms with Crippen LogP contribution in [0.3, 0.4) is 0 Å². The molecule has 1 fully saturated rings. The molecule has 0 saturated carbocycles. The van der Waals surface area contributed by atoms with Crippen LogP contribution in [0, 0.1) is 0 Å². The van der Waals surface area contributed by atoms with Crippen molar-refractivity contribution in [3.8, 4) is 17.2 Å². The van der Waals surface area contributed by atoms with Crippen molar-refractivity contribution in [2.45, 2.75) is 45.2 Å². The van der Waals surface area contributed by atoms with E-state index >= 15 is 0 Å². The zero-order valence-corrected chi connectivity index (χ0v) is 20.7. The summed E-state index contributed by atoms with van der Waals surface area (Å²) < 4.78 is 22.1. The van der Waals surface area contributed by atoms with Gasteiger partial charge < -0.3 is 24.3 Å². The number of ether oxygens (including phenoxy) is 4. The largest absolute Gasteiger partial charge is 0.493 e. The van der Waals surface area contributed by atoms with E-state index in [0.29, 0.717) is 31.3 Å². The Bertz CT molecular complexity index is 1100. The maximum atomic E-state index is 12.3. The zero-order valence-electron chi connectivity index (χ0n) is 20.7. The Hall–Kier alpha value is -3.59. The lowest BCUT2D eigenvalue weighted by molar-refractivity contribution is -0.144. The molecule has 4 rings (SSSR count). The van der Waals surface area contributed by atoms with Gasteiger partial charge in [-0.3, -0.25) is 19.3 Å². The van der Waals surface area contributed by atoms with Crippen LogP contribution in [0.15, 0.2) is 36.4 Å². The van der Waals surface area contributed by atoms with Crippen LogP contribution in [0.4, 0.5) is 0 Å². The zero-order chi connectivity index (χ0) is 25.5. The summed E-state index contributed by atoms with van der Waals surface area (Å²) in [6.07, 6.45) is 1.59. The molecule has 2 aliphatic rings. The minimum atomic E-state index is -0.261. The number of fused-ring (bicyclic) bond motifs is 1. The number of hydrogen-bond donors (Lipinski definition) is 1. The van der Waals surface area contributed by atoms with Crippen molar-refractivity contribution in [1.82, 2.24) is 10.2 Å². The highest BCUT2D eigenvalue weighted by Crippen LogP contribution is 2.31. The number of likely N-dealkylation sites (tertiary alicyclic amines) is 1. The number of benzene rings is 2. The van der Waals surface area contributed by atoms with Crippen LogP contribution in [-0.2, 0) is 32.1 Å². The van der Waals surface area contributed by atoms with E-state index in [0.717, 1.165) is 28.9 Å². The summed E-state index contributed by atoms with van der Waals surface area (Å²) in [6.45, 7) is 3.70. The monoisotopic (exact) mass is 496 g/mol. The minimum absolute atomic E-state index is 0.162. The summed E-state index contributed by atoms with van der Waals surface area (Å²) >= 11 is 0. The number of amides is 2. The Morgan fingerprint density at radius 2 is 1.89 bits per heavy atom. The molecule has 2 heterocycles. The van der Waals surface area contributed by atoms with Gasteiger partial charge in [-0.15, -0.1) is 0 Å². The van der Waals surface area contributed by atoms with Gasteiger partial charge in [0.2, 0.25) is 11.8 Å². The average molecular weight is 497 g/mol. The average Bonchev–Trinajstić information content (AvgIpc) is 3.48. The number of carbonyl (C=O) groups excluding carboxylic acids is 3. The molecule has 0 bridgehead atoms. The van der Waals surface area contributed by atoms with Crippen molar-refractivity contribution in [3.63, 3.8) is 0 Å². The maximum absolute atomic E-state index is 12.3. The first-order valence-corrected chi connectivity index (χ1v) is 12.3.